The van der Waals surface area contributed by atoms with E-state index in [9.17, 15) is 4.79 Å². The zero-order valence-corrected chi connectivity index (χ0v) is 20.6. The average molecular weight is 457 g/mol. The molecule has 3 unspecified atom stereocenters. The lowest BCUT2D eigenvalue weighted by atomic mass is 9.69. The summed E-state index contributed by atoms with van der Waals surface area (Å²) in [6.07, 6.45) is 6.78. The number of H-pyrrole nitrogens is 1. The minimum Gasteiger partial charge on any atom is -0.343 e. The van der Waals surface area contributed by atoms with Gasteiger partial charge in [-0.15, -0.1) is 0 Å². The molecule has 2 aromatic rings. The lowest BCUT2D eigenvalue weighted by molar-refractivity contribution is -0.129. The van der Waals surface area contributed by atoms with Crippen LogP contribution in [0.3, 0.4) is 0 Å². The molecule has 4 rings (SSSR count). The number of aromatic nitrogens is 2. The Morgan fingerprint density at radius 2 is 2.06 bits per heavy atom. The molecular formula is C26H37ClN4O. The Bertz CT molecular complexity index is 973. The lowest BCUT2D eigenvalue weighted by Gasteiger charge is -2.39. The SMILES string of the molecule is CC(=O)N1CCC(NCC2C=C(C)C(Cc3nc4ccc(Cl)cc4[nH]3)CC2C(C)C)CC1. The molecule has 6 heteroatoms. The third kappa shape index (κ3) is 5.37. The Morgan fingerprint density at radius 3 is 2.75 bits per heavy atom. The second-order valence-corrected chi connectivity index (χ2v) is 10.6. The number of amides is 1. The van der Waals surface area contributed by atoms with E-state index < -0.39 is 0 Å². The van der Waals surface area contributed by atoms with Crippen LogP contribution in [0.2, 0.25) is 5.02 Å². The number of allylic oxidation sites excluding steroid dienone is 1. The van der Waals surface area contributed by atoms with Crippen molar-refractivity contribution in [3.05, 3.63) is 40.7 Å². The van der Waals surface area contributed by atoms with E-state index in [-0.39, 0.29) is 5.91 Å². The number of hydrogen-bond acceptors (Lipinski definition) is 3. The van der Waals surface area contributed by atoms with Gasteiger partial charge in [-0.3, -0.25) is 4.79 Å². The maximum Gasteiger partial charge on any atom is 0.219 e. The number of nitrogens with zero attached hydrogens (tertiary/aromatic N) is 2. The van der Waals surface area contributed by atoms with Crippen LogP contribution in [0.25, 0.3) is 11.0 Å². The topological polar surface area (TPSA) is 61.0 Å². The van der Waals surface area contributed by atoms with Crippen LogP contribution in [0.5, 0.6) is 0 Å². The summed E-state index contributed by atoms with van der Waals surface area (Å²) in [5.74, 6) is 3.64. The third-order valence-electron chi connectivity index (χ3n) is 7.60. The summed E-state index contributed by atoms with van der Waals surface area (Å²) >= 11 is 6.14. The van der Waals surface area contributed by atoms with Crippen LogP contribution in [0.15, 0.2) is 29.8 Å². The number of halogens is 1. The summed E-state index contributed by atoms with van der Waals surface area (Å²) < 4.78 is 0. The molecule has 1 aromatic heterocycles. The Hall–Kier alpha value is -1.85. The molecule has 0 radical (unpaired) electrons. The molecule has 3 atom stereocenters. The number of benzene rings is 1. The number of rotatable bonds is 6. The first-order valence-electron chi connectivity index (χ1n) is 12.1. The number of carbonyl (C=O) groups is 1. The van der Waals surface area contributed by atoms with Crippen molar-refractivity contribution in [1.29, 1.82) is 0 Å². The average Bonchev–Trinajstić information content (AvgIpc) is 3.15. The van der Waals surface area contributed by atoms with E-state index in [1.54, 1.807) is 6.92 Å². The summed E-state index contributed by atoms with van der Waals surface area (Å²) in [7, 11) is 0. The molecule has 2 heterocycles. The second-order valence-electron chi connectivity index (χ2n) is 10.2. The van der Waals surface area contributed by atoms with E-state index in [0.29, 0.717) is 29.7 Å². The number of likely N-dealkylation sites (tertiary alicyclic amines) is 1. The van der Waals surface area contributed by atoms with Gasteiger partial charge in [-0.25, -0.2) is 4.98 Å². The van der Waals surface area contributed by atoms with Gasteiger partial charge in [-0.2, -0.15) is 0 Å². The summed E-state index contributed by atoms with van der Waals surface area (Å²) in [5.41, 5.74) is 3.49. The fourth-order valence-corrected chi connectivity index (χ4v) is 5.75. The molecule has 2 aliphatic rings. The van der Waals surface area contributed by atoms with Crippen LogP contribution < -0.4 is 5.32 Å². The lowest BCUT2D eigenvalue weighted by Crippen LogP contribution is -2.46. The van der Waals surface area contributed by atoms with Gasteiger partial charge < -0.3 is 15.2 Å². The van der Waals surface area contributed by atoms with Crippen LogP contribution in [0.4, 0.5) is 0 Å². The van der Waals surface area contributed by atoms with Gasteiger partial charge in [-0.05, 0) is 68.1 Å². The molecule has 1 saturated heterocycles. The van der Waals surface area contributed by atoms with Crippen LogP contribution >= 0.6 is 11.6 Å². The van der Waals surface area contributed by atoms with Crippen molar-refractivity contribution in [2.24, 2.45) is 23.7 Å². The van der Waals surface area contributed by atoms with Gasteiger partial charge in [0.25, 0.3) is 0 Å². The van der Waals surface area contributed by atoms with Crippen molar-refractivity contribution in [3.8, 4) is 0 Å². The van der Waals surface area contributed by atoms with Gasteiger partial charge in [0.2, 0.25) is 5.91 Å². The van der Waals surface area contributed by atoms with E-state index in [0.717, 1.165) is 60.8 Å². The van der Waals surface area contributed by atoms with Gasteiger partial charge in [-0.1, -0.05) is 37.1 Å². The van der Waals surface area contributed by atoms with Gasteiger partial charge in [0.1, 0.15) is 5.82 Å². The Balaban J connectivity index is 1.39. The Morgan fingerprint density at radius 1 is 1.31 bits per heavy atom. The molecule has 2 N–H and O–H groups in total. The molecular weight excluding hydrogens is 420 g/mol. The number of aromatic amines is 1. The second kappa shape index (κ2) is 9.96. The van der Waals surface area contributed by atoms with E-state index in [2.05, 4.69) is 37.1 Å². The molecule has 0 spiro atoms. The standard InChI is InChI=1S/C26H37ClN4O/c1-16(2)23-12-19(13-26-29-24-6-5-21(27)14-25(24)30-26)17(3)11-20(23)15-28-22-7-9-31(10-8-22)18(4)32/h5-6,11,14,16,19-20,22-23,28H,7-10,12-13,15H2,1-4H3,(H,29,30). The predicted molar refractivity (Wildman–Crippen MR) is 132 cm³/mol. The number of imidazole rings is 1. The number of piperidine rings is 1. The highest BCUT2D eigenvalue weighted by Gasteiger charge is 2.32. The van der Waals surface area contributed by atoms with E-state index in [4.69, 9.17) is 16.6 Å². The van der Waals surface area contributed by atoms with Crippen LogP contribution in [-0.4, -0.2) is 46.5 Å². The molecule has 32 heavy (non-hydrogen) atoms. The van der Waals surface area contributed by atoms with Crippen molar-refractivity contribution in [1.82, 2.24) is 20.2 Å². The summed E-state index contributed by atoms with van der Waals surface area (Å²) in [4.78, 5) is 21.8. The van der Waals surface area contributed by atoms with Gasteiger partial charge in [0, 0.05) is 44.0 Å². The normalized spacial score (nSPS) is 24.9. The van der Waals surface area contributed by atoms with Crippen LogP contribution in [0.1, 0.15) is 52.8 Å². The summed E-state index contributed by atoms with van der Waals surface area (Å²) in [6, 6.07) is 6.36. The van der Waals surface area contributed by atoms with E-state index in [1.807, 2.05) is 23.1 Å². The molecule has 1 fully saturated rings. The molecule has 174 valence electrons. The van der Waals surface area contributed by atoms with Crippen LogP contribution in [-0.2, 0) is 11.2 Å². The van der Waals surface area contributed by atoms with E-state index in [1.165, 1.54) is 12.0 Å². The zero-order valence-electron chi connectivity index (χ0n) is 19.8. The fraction of sp³-hybridized carbons (Fsp3) is 0.615. The van der Waals surface area contributed by atoms with Crippen molar-refractivity contribution in [2.75, 3.05) is 19.6 Å². The highest BCUT2D eigenvalue weighted by molar-refractivity contribution is 6.31. The van der Waals surface area contributed by atoms with Gasteiger partial charge in [0.15, 0.2) is 0 Å². The first-order valence-corrected chi connectivity index (χ1v) is 12.5. The molecule has 5 nitrogen and oxygen atoms in total. The molecule has 1 amide bonds. The fourth-order valence-electron chi connectivity index (χ4n) is 5.57. The van der Waals surface area contributed by atoms with Crippen LogP contribution in [0, 0.1) is 23.7 Å². The highest BCUT2D eigenvalue weighted by Crippen LogP contribution is 2.38. The monoisotopic (exact) mass is 456 g/mol. The maximum absolute atomic E-state index is 11.6. The molecule has 1 aliphatic carbocycles. The maximum atomic E-state index is 11.6. The number of carbonyl (C=O) groups excluding carboxylic acids is 1. The molecule has 0 bridgehead atoms. The van der Waals surface area contributed by atoms with Crippen molar-refractivity contribution in [3.63, 3.8) is 0 Å². The minimum atomic E-state index is 0.202. The first kappa shape index (κ1) is 23.3. The summed E-state index contributed by atoms with van der Waals surface area (Å²) in [5, 5.41) is 4.57. The summed E-state index contributed by atoms with van der Waals surface area (Å²) in [6.45, 7) is 11.5. The first-order chi connectivity index (χ1) is 15.3. The minimum absolute atomic E-state index is 0.202. The Labute approximate surface area is 197 Å². The number of hydrogen-bond donors (Lipinski definition) is 2. The van der Waals surface area contributed by atoms with Crippen molar-refractivity contribution < 1.29 is 4.79 Å². The van der Waals surface area contributed by atoms with Gasteiger partial charge >= 0.3 is 0 Å². The number of nitrogens with one attached hydrogen (secondary N) is 2. The van der Waals surface area contributed by atoms with Crippen molar-refractivity contribution >= 4 is 28.5 Å². The third-order valence-corrected chi connectivity index (χ3v) is 7.83. The quantitative estimate of drug-likeness (QED) is 0.586. The molecule has 1 aliphatic heterocycles. The molecule has 0 saturated carbocycles. The highest BCUT2D eigenvalue weighted by atomic mass is 35.5. The van der Waals surface area contributed by atoms with Crippen molar-refractivity contribution in [2.45, 2.75) is 59.4 Å². The molecule has 1 aromatic carbocycles. The van der Waals surface area contributed by atoms with Gasteiger partial charge in [0.05, 0.1) is 11.0 Å². The van der Waals surface area contributed by atoms with E-state index >= 15 is 0 Å². The Kier molecular flexibility index (Phi) is 7.26. The zero-order chi connectivity index (χ0) is 22.8. The largest absolute Gasteiger partial charge is 0.343 e. The number of fused-ring (bicyclic) bond motifs is 1. The predicted octanol–water partition coefficient (Wildman–Crippen LogP) is 5.21. The smallest absolute Gasteiger partial charge is 0.219 e.